The van der Waals surface area contributed by atoms with Crippen molar-refractivity contribution in [2.24, 2.45) is 0 Å². The Hall–Kier alpha value is -2.03. The minimum Gasteiger partial charge on any atom is -0.294 e. The second-order valence-electron chi connectivity index (χ2n) is 4.40. The molecule has 18 heavy (non-hydrogen) atoms. The first kappa shape index (κ1) is 11.1. The quantitative estimate of drug-likeness (QED) is 0.746. The molecule has 90 valence electrons. The van der Waals surface area contributed by atoms with Gasteiger partial charge < -0.3 is 0 Å². The van der Waals surface area contributed by atoms with Crippen molar-refractivity contribution in [3.63, 3.8) is 0 Å². The third kappa shape index (κ3) is 1.63. The van der Waals surface area contributed by atoms with Gasteiger partial charge >= 0.3 is 0 Å². The van der Waals surface area contributed by atoms with Gasteiger partial charge in [0.15, 0.2) is 17.4 Å². The smallest absolute Gasteiger partial charge is 0.166 e. The molecule has 3 rings (SSSR count). The van der Waals surface area contributed by atoms with Crippen LogP contribution >= 0.6 is 0 Å². The lowest BCUT2D eigenvalue weighted by molar-refractivity contribution is 0.0994. The van der Waals surface area contributed by atoms with E-state index in [-0.39, 0.29) is 11.3 Å². The molecule has 0 atom stereocenters. The lowest BCUT2D eigenvalue weighted by Crippen LogP contribution is -1.94. The van der Waals surface area contributed by atoms with Crippen molar-refractivity contribution in [1.82, 2.24) is 0 Å². The molecule has 1 aliphatic carbocycles. The molecule has 0 bridgehead atoms. The molecule has 0 fully saturated rings. The lowest BCUT2D eigenvalue weighted by Gasteiger charge is -2.06. The Morgan fingerprint density at radius 3 is 2.61 bits per heavy atom. The SMILES string of the molecule is O=C1CCc2ccc(-c3cccc(F)c3F)cc21. The van der Waals surface area contributed by atoms with Crippen LogP contribution in [0.1, 0.15) is 22.3 Å². The number of halogens is 2. The highest BCUT2D eigenvalue weighted by Crippen LogP contribution is 2.30. The number of rotatable bonds is 1. The van der Waals surface area contributed by atoms with E-state index >= 15 is 0 Å². The summed E-state index contributed by atoms with van der Waals surface area (Å²) >= 11 is 0. The largest absolute Gasteiger partial charge is 0.294 e. The molecule has 1 aliphatic rings. The molecular formula is C15H10F2O. The maximum atomic E-state index is 13.7. The fourth-order valence-corrected chi connectivity index (χ4v) is 2.33. The predicted molar refractivity (Wildman–Crippen MR) is 64.4 cm³/mol. The van der Waals surface area contributed by atoms with Gasteiger partial charge in [0.25, 0.3) is 0 Å². The average molecular weight is 244 g/mol. The van der Waals surface area contributed by atoms with Crippen LogP contribution in [-0.4, -0.2) is 5.78 Å². The van der Waals surface area contributed by atoms with E-state index in [2.05, 4.69) is 0 Å². The number of hydrogen-bond acceptors (Lipinski definition) is 1. The fraction of sp³-hybridized carbons (Fsp3) is 0.133. The van der Waals surface area contributed by atoms with Gasteiger partial charge in [0.05, 0.1) is 0 Å². The molecule has 0 amide bonds. The molecule has 2 aromatic carbocycles. The van der Waals surface area contributed by atoms with Crippen LogP contribution in [-0.2, 0) is 6.42 Å². The van der Waals surface area contributed by atoms with Crippen molar-refractivity contribution in [3.05, 3.63) is 59.2 Å². The van der Waals surface area contributed by atoms with E-state index < -0.39 is 11.6 Å². The van der Waals surface area contributed by atoms with Gasteiger partial charge in [-0.05, 0) is 29.7 Å². The van der Waals surface area contributed by atoms with Crippen molar-refractivity contribution >= 4 is 5.78 Å². The van der Waals surface area contributed by atoms with Gasteiger partial charge in [-0.2, -0.15) is 0 Å². The van der Waals surface area contributed by atoms with Crippen molar-refractivity contribution in [2.45, 2.75) is 12.8 Å². The van der Waals surface area contributed by atoms with Crippen molar-refractivity contribution < 1.29 is 13.6 Å². The first-order valence-corrected chi connectivity index (χ1v) is 5.77. The molecule has 0 aliphatic heterocycles. The Morgan fingerprint density at radius 1 is 0.944 bits per heavy atom. The van der Waals surface area contributed by atoms with Gasteiger partial charge in [0.1, 0.15) is 0 Å². The number of carbonyl (C=O) groups is 1. The van der Waals surface area contributed by atoms with Gasteiger partial charge in [-0.3, -0.25) is 4.79 Å². The first-order chi connectivity index (χ1) is 8.66. The van der Waals surface area contributed by atoms with Crippen LogP contribution in [0.2, 0.25) is 0 Å². The van der Waals surface area contributed by atoms with Gasteiger partial charge in [-0.15, -0.1) is 0 Å². The maximum Gasteiger partial charge on any atom is 0.166 e. The van der Waals surface area contributed by atoms with Gasteiger partial charge in [-0.25, -0.2) is 8.78 Å². The molecule has 2 aromatic rings. The van der Waals surface area contributed by atoms with Gasteiger partial charge in [-0.1, -0.05) is 24.3 Å². The summed E-state index contributed by atoms with van der Waals surface area (Å²) in [5.41, 5.74) is 2.36. The van der Waals surface area contributed by atoms with Crippen LogP contribution in [0.4, 0.5) is 8.78 Å². The molecule has 0 spiro atoms. The standard InChI is InChI=1S/C15H10F2O/c16-13-3-1-2-11(15(13)17)10-5-4-9-6-7-14(18)12(9)8-10/h1-5,8H,6-7H2. The number of fused-ring (bicyclic) bond motifs is 1. The number of Topliss-reactive ketones (excluding diaryl/α,β-unsaturated/α-hetero) is 1. The Balaban J connectivity index is 2.16. The number of ketones is 1. The highest BCUT2D eigenvalue weighted by atomic mass is 19.2. The molecule has 1 nitrogen and oxygen atoms in total. The van der Waals surface area contributed by atoms with Crippen molar-refractivity contribution in [3.8, 4) is 11.1 Å². The maximum absolute atomic E-state index is 13.7. The van der Waals surface area contributed by atoms with E-state index in [4.69, 9.17) is 0 Å². The molecule has 3 heteroatoms. The van der Waals surface area contributed by atoms with Crippen LogP contribution in [0.3, 0.4) is 0 Å². The van der Waals surface area contributed by atoms with E-state index in [0.29, 0.717) is 17.5 Å². The number of aryl methyl sites for hydroxylation is 1. The number of benzene rings is 2. The topological polar surface area (TPSA) is 17.1 Å². The van der Waals surface area contributed by atoms with Crippen LogP contribution in [0, 0.1) is 11.6 Å². The summed E-state index contributed by atoms with van der Waals surface area (Å²) in [6.07, 6.45) is 1.24. The minimum atomic E-state index is -0.876. The summed E-state index contributed by atoms with van der Waals surface area (Å²) in [6, 6.07) is 9.26. The van der Waals surface area contributed by atoms with E-state index in [0.717, 1.165) is 18.1 Å². The second kappa shape index (κ2) is 4.02. The van der Waals surface area contributed by atoms with Crippen LogP contribution in [0.25, 0.3) is 11.1 Å². The second-order valence-corrected chi connectivity index (χ2v) is 4.40. The zero-order chi connectivity index (χ0) is 12.7. The molecule has 0 N–H and O–H groups in total. The number of hydrogen-bond donors (Lipinski definition) is 0. The van der Waals surface area contributed by atoms with Crippen LogP contribution in [0.15, 0.2) is 36.4 Å². The summed E-state index contributed by atoms with van der Waals surface area (Å²) in [5, 5.41) is 0. The minimum absolute atomic E-state index is 0.0728. The van der Waals surface area contributed by atoms with E-state index in [1.54, 1.807) is 12.1 Å². The van der Waals surface area contributed by atoms with E-state index in [9.17, 15) is 13.6 Å². The summed E-state index contributed by atoms with van der Waals surface area (Å²) in [6.45, 7) is 0. The average Bonchev–Trinajstić information content (AvgIpc) is 2.74. The highest BCUT2D eigenvalue weighted by molar-refractivity contribution is 6.01. The molecule has 0 unspecified atom stereocenters. The van der Waals surface area contributed by atoms with Gasteiger partial charge in [0, 0.05) is 17.5 Å². The summed E-state index contributed by atoms with van der Waals surface area (Å²) < 4.78 is 26.9. The van der Waals surface area contributed by atoms with Crippen LogP contribution < -0.4 is 0 Å². The predicted octanol–water partition coefficient (Wildman–Crippen LogP) is 3.76. The third-order valence-electron chi connectivity index (χ3n) is 3.29. The lowest BCUT2D eigenvalue weighted by atomic mass is 10.00. The summed E-state index contributed by atoms with van der Waals surface area (Å²) in [7, 11) is 0. The van der Waals surface area contributed by atoms with E-state index in [1.165, 1.54) is 12.1 Å². The monoisotopic (exact) mass is 244 g/mol. The summed E-state index contributed by atoms with van der Waals surface area (Å²) in [4.78, 5) is 11.6. The Kier molecular flexibility index (Phi) is 2.47. The van der Waals surface area contributed by atoms with Crippen LogP contribution in [0.5, 0.6) is 0 Å². The highest BCUT2D eigenvalue weighted by Gasteiger charge is 2.20. The molecular weight excluding hydrogens is 234 g/mol. The molecule has 0 heterocycles. The molecule has 0 saturated heterocycles. The molecule has 0 radical (unpaired) electrons. The molecule has 0 saturated carbocycles. The van der Waals surface area contributed by atoms with E-state index in [1.807, 2.05) is 6.07 Å². The zero-order valence-corrected chi connectivity index (χ0v) is 9.54. The Morgan fingerprint density at radius 2 is 1.78 bits per heavy atom. The Labute approximate surface area is 103 Å². The summed E-state index contributed by atoms with van der Waals surface area (Å²) in [5.74, 6) is -1.68. The first-order valence-electron chi connectivity index (χ1n) is 5.77. The van der Waals surface area contributed by atoms with Crippen molar-refractivity contribution in [1.29, 1.82) is 0 Å². The Bertz CT molecular complexity index is 647. The van der Waals surface area contributed by atoms with Gasteiger partial charge in [0.2, 0.25) is 0 Å². The zero-order valence-electron chi connectivity index (χ0n) is 9.54. The third-order valence-corrected chi connectivity index (χ3v) is 3.29. The normalized spacial score (nSPS) is 13.8. The fourth-order valence-electron chi connectivity index (χ4n) is 2.33. The molecule has 0 aromatic heterocycles. The van der Waals surface area contributed by atoms with Crippen molar-refractivity contribution in [2.75, 3.05) is 0 Å². The number of carbonyl (C=O) groups excluding carboxylic acids is 1.